The van der Waals surface area contributed by atoms with Crippen molar-refractivity contribution < 1.29 is 18.7 Å². The highest BCUT2D eigenvalue weighted by Gasteiger charge is 2.13. The molecular formula is C18H21NO4. The minimum Gasteiger partial charge on any atom is -0.458 e. The van der Waals surface area contributed by atoms with E-state index in [1.54, 1.807) is 36.4 Å². The maximum atomic E-state index is 12.3. The summed E-state index contributed by atoms with van der Waals surface area (Å²) in [6, 6.07) is 10.2. The van der Waals surface area contributed by atoms with Crippen LogP contribution in [0.2, 0.25) is 0 Å². The second kappa shape index (κ2) is 7.74. The Morgan fingerprint density at radius 3 is 2.39 bits per heavy atom. The first-order valence-electron chi connectivity index (χ1n) is 7.64. The number of anilines is 1. The fourth-order valence-corrected chi connectivity index (χ4v) is 1.98. The topological polar surface area (TPSA) is 68.5 Å². The molecule has 0 bridgehead atoms. The Labute approximate surface area is 135 Å². The molecule has 0 aliphatic carbocycles. The van der Waals surface area contributed by atoms with Crippen molar-refractivity contribution in [3.8, 4) is 0 Å². The normalized spacial score (nSPS) is 10.8. The molecule has 0 atom stereocenters. The molecule has 23 heavy (non-hydrogen) atoms. The van der Waals surface area contributed by atoms with E-state index in [9.17, 15) is 9.59 Å². The fourth-order valence-electron chi connectivity index (χ4n) is 1.98. The number of ether oxygens (including phenoxy) is 1. The summed E-state index contributed by atoms with van der Waals surface area (Å²) in [5.41, 5.74) is 1.13. The number of carbonyl (C=O) groups is 2. The number of ketones is 1. The Bertz CT molecular complexity index is 671. The predicted octanol–water partition coefficient (Wildman–Crippen LogP) is 3.44. The van der Waals surface area contributed by atoms with Crippen molar-refractivity contribution in [1.29, 1.82) is 0 Å². The minimum atomic E-state index is -0.226. The van der Waals surface area contributed by atoms with Crippen LogP contribution >= 0.6 is 0 Å². The summed E-state index contributed by atoms with van der Waals surface area (Å²) in [7, 11) is 0. The van der Waals surface area contributed by atoms with Crippen molar-refractivity contribution in [3.05, 3.63) is 53.5 Å². The first-order valence-corrected chi connectivity index (χ1v) is 7.64. The maximum Gasteiger partial charge on any atom is 0.250 e. The molecule has 1 aromatic carbocycles. The Hall–Kier alpha value is -2.40. The summed E-state index contributed by atoms with van der Waals surface area (Å²) in [5.74, 6) is 0.702. The van der Waals surface area contributed by atoms with E-state index >= 15 is 0 Å². The summed E-state index contributed by atoms with van der Waals surface area (Å²) in [5, 5.41) is 2.72. The Balaban J connectivity index is 1.98. The van der Waals surface area contributed by atoms with Crippen molar-refractivity contribution in [1.82, 2.24) is 0 Å². The zero-order valence-electron chi connectivity index (χ0n) is 13.6. The Morgan fingerprint density at radius 1 is 1.13 bits per heavy atom. The highest BCUT2D eigenvalue weighted by molar-refractivity contribution is 6.07. The average Bonchev–Trinajstić information content (AvgIpc) is 3.02. The van der Waals surface area contributed by atoms with Gasteiger partial charge in [0.1, 0.15) is 12.4 Å². The lowest BCUT2D eigenvalue weighted by Gasteiger charge is -2.08. The van der Waals surface area contributed by atoms with Gasteiger partial charge < -0.3 is 14.5 Å². The number of rotatable bonds is 7. The van der Waals surface area contributed by atoms with Crippen molar-refractivity contribution in [2.75, 3.05) is 11.9 Å². The van der Waals surface area contributed by atoms with Gasteiger partial charge in [0, 0.05) is 17.7 Å². The van der Waals surface area contributed by atoms with Crippen molar-refractivity contribution >= 4 is 17.4 Å². The molecule has 1 heterocycles. The molecule has 0 saturated heterocycles. The third-order valence-corrected chi connectivity index (χ3v) is 3.21. The van der Waals surface area contributed by atoms with Gasteiger partial charge in [-0.3, -0.25) is 9.59 Å². The lowest BCUT2D eigenvalue weighted by atomic mass is 10.1. The van der Waals surface area contributed by atoms with Gasteiger partial charge in [-0.05, 0) is 50.2 Å². The standard InChI is InChI=1S/C18H21NO4/c1-4-15-9-10-16(23-15)18(21)13-5-7-14(8-6-13)19-17(20)11-22-12(2)3/h5-10,12H,4,11H2,1-3H3,(H,19,20). The SMILES string of the molecule is CCc1ccc(C(=O)c2ccc(NC(=O)COC(C)C)cc2)o1. The lowest BCUT2D eigenvalue weighted by molar-refractivity contribution is -0.121. The van der Waals surface area contributed by atoms with E-state index in [2.05, 4.69) is 5.32 Å². The molecule has 0 saturated carbocycles. The van der Waals surface area contributed by atoms with Gasteiger partial charge in [0.15, 0.2) is 5.76 Å². The second-order valence-electron chi connectivity index (χ2n) is 5.43. The Morgan fingerprint density at radius 2 is 1.83 bits per heavy atom. The fraction of sp³-hybridized carbons (Fsp3) is 0.333. The first-order chi connectivity index (χ1) is 11.0. The number of benzene rings is 1. The van der Waals surface area contributed by atoms with Crippen LogP contribution in [0.1, 0.15) is 42.6 Å². The first kappa shape index (κ1) is 17.0. The number of aryl methyl sites for hydroxylation is 1. The second-order valence-corrected chi connectivity index (χ2v) is 5.43. The Kier molecular flexibility index (Phi) is 5.71. The predicted molar refractivity (Wildman–Crippen MR) is 87.7 cm³/mol. The van der Waals surface area contributed by atoms with Crippen LogP contribution in [0.25, 0.3) is 0 Å². The van der Waals surface area contributed by atoms with Crippen LogP contribution in [0.4, 0.5) is 5.69 Å². The van der Waals surface area contributed by atoms with Crippen LogP contribution < -0.4 is 5.32 Å². The molecule has 2 rings (SSSR count). The molecule has 0 aliphatic heterocycles. The monoisotopic (exact) mass is 315 g/mol. The molecule has 0 aliphatic rings. The average molecular weight is 315 g/mol. The highest BCUT2D eigenvalue weighted by Crippen LogP contribution is 2.16. The summed E-state index contributed by atoms with van der Waals surface area (Å²) < 4.78 is 10.7. The van der Waals surface area contributed by atoms with Gasteiger partial charge in [0.25, 0.3) is 0 Å². The van der Waals surface area contributed by atoms with Crippen LogP contribution in [0.15, 0.2) is 40.8 Å². The molecular weight excluding hydrogens is 294 g/mol. The van der Waals surface area contributed by atoms with E-state index in [1.807, 2.05) is 20.8 Å². The van der Waals surface area contributed by atoms with E-state index in [-0.39, 0.29) is 24.4 Å². The van der Waals surface area contributed by atoms with Gasteiger partial charge in [-0.2, -0.15) is 0 Å². The van der Waals surface area contributed by atoms with Crippen molar-refractivity contribution in [2.45, 2.75) is 33.3 Å². The molecule has 1 aromatic heterocycles. The molecule has 122 valence electrons. The zero-order chi connectivity index (χ0) is 16.8. The number of amides is 1. The molecule has 2 aromatic rings. The molecule has 0 radical (unpaired) electrons. The van der Waals surface area contributed by atoms with Crippen LogP contribution in [-0.4, -0.2) is 24.4 Å². The lowest BCUT2D eigenvalue weighted by Crippen LogP contribution is -2.20. The minimum absolute atomic E-state index is 0.00190. The number of nitrogens with one attached hydrogen (secondary N) is 1. The quantitative estimate of drug-likeness (QED) is 0.795. The van der Waals surface area contributed by atoms with Gasteiger partial charge in [0.2, 0.25) is 11.7 Å². The van der Waals surface area contributed by atoms with E-state index in [1.165, 1.54) is 0 Å². The largest absolute Gasteiger partial charge is 0.458 e. The number of hydrogen-bond acceptors (Lipinski definition) is 4. The third-order valence-electron chi connectivity index (χ3n) is 3.21. The number of carbonyl (C=O) groups excluding carboxylic acids is 2. The van der Waals surface area contributed by atoms with E-state index in [0.717, 1.165) is 12.2 Å². The summed E-state index contributed by atoms with van der Waals surface area (Å²) >= 11 is 0. The molecule has 0 unspecified atom stereocenters. The van der Waals surface area contributed by atoms with Gasteiger partial charge in [-0.1, -0.05) is 6.92 Å². The molecule has 0 spiro atoms. The molecule has 5 heteroatoms. The molecule has 1 amide bonds. The van der Waals surface area contributed by atoms with Gasteiger partial charge >= 0.3 is 0 Å². The summed E-state index contributed by atoms with van der Waals surface area (Å²) in [6.07, 6.45) is 0.749. The summed E-state index contributed by atoms with van der Waals surface area (Å²) in [6.45, 7) is 5.71. The van der Waals surface area contributed by atoms with E-state index in [0.29, 0.717) is 17.0 Å². The smallest absolute Gasteiger partial charge is 0.250 e. The maximum absolute atomic E-state index is 12.3. The van der Waals surface area contributed by atoms with Crippen LogP contribution in [-0.2, 0) is 16.0 Å². The number of hydrogen-bond donors (Lipinski definition) is 1. The van der Waals surface area contributed by atoms with Gasteiger partial charge in [0.05, 0.1) is 6.10 Å². The van der Waals surface area contributed by atoms with Crippen LogP contribution in [0.5, 0.6) is 0 Å². The molecule has 5 nitrogen and oxygen atoms in total. The zero-order valence-corrected chi connectivity index (χ0v) is 13.6. The number of furan rings is 1. The van der Waals surface area contributed by atoms with Gasteiger partial charge in [-0.25, -0.2) is 0 Å². The summed E-state index contributed by atoms with van der Waals surface area (Å²) in [4.78, 5) is 24.0. The molecule has 0 fully saturated rings. The highest BCUT2D eigenvalue weighted by atomic mass is 16.5. The van der Waals surface area contributed by atoms with Crippen molar-refractivity contribution in [3.63, 3.8) is 0 Å². The van der Waals surface area contributed by atoms with E-state index in [4.69, 9.17) is 9.15 Å². The van der Waals surface area contributed by atoms with Crippen LogP contribution in [0.3, 0.4) is 0 Å². The van der Waals surface area contributed by atoms with Gasteiger partial charge in [-0.15, -0.1) is 0 Å². The third kappa shape index (κ3) is 4.79. The van der Waals surface area contributed by atoms with Crippen molar-refractivity contribution in [2.24, 2.45) is 0 Å². The van der Waals surface area contributed by atoms with E-state index < -0.39 is 0 Å². The molecule has 1 N–H and O–H groups in total. The van der Waals surface area contributed by atoms with Crippen LogP contribution in [0, 0.1) is 0 Å².